The fourth-order valence-corrected chi connectivity index (χ4v) is 1.95. The van der Waals surface area contributed by atoms with Crippen LogP contribution in [-0.4, -0.2) is 13.2 Å². The zero-order valence-corrected chi connectivity index (χ0v) is 10.8. The van der Waals surface area contributed by atoms with E-state index in [2.05, 4.69) is 32.9 Å². The van der Waals surface area contributed by atoms with Crippen molar-refractivity contribution in [1.82, 2.24) is 0 Å². The van der Waals surface area contributed by atoms with E-state index < -0.39 is 0 Å². The Balaban J connectivity index is 2.70. The quantitative estimate of drug-likeness (QED) is 0.829. The summed E-state index contributed by atoms with van der Waals surface area (Å²) in [6.07, 6.45) is 3.35. The second-order valence-electron chi connectivity index (χ2n) is 4.62. The second-order valence-corrected chi connectivity index (χ2v) is 4.62. The summed E-state index contributed by atoms with van der Waals surface area (Å²) in [7, 11) is 1.72. The van der Waals surface area contributed by atoms with Crippen LogP contribution in [-0.2, 0) is 6.42 Å². The number of hydrogen-bond acceptors (Lipinski definition) is 2. The third-order valence-electron chi connectivity index (χ3n) is 2.96. The van der Waals surface area contributed by atoms with Gasteiger partial charge in [0.2, 0.25) is 0 Å². The number of aryl methyl sites for hydroxylation is 3. The van der Waals surface area contributed by atoms with Crippen molar-refractivity contribution in [2.24, 2.45) is 5.73 Å². The molecule has 0 bridgehead atoms. The normalized spacial score (nSPS) is 12.6. The molecule has 2 nitrogen and oxygen atoms in total. The molecule has 0 aliphatic heterocycles. The number of methoxy groups -OCH3 is 1. The van der Waals surface area contributed by atoms with Crippen LogP contribution in [0.5, 0.6) is 5.75 Å². The third kappa shape index (κ3) is 3.53. The van der Waals surface area contributed by atoms with Crippen molar-refractivity contribution in [3.05, 3.63) is 28.8 Å². The van der Waals surface area contributed by atoms with Gasteiger partial charge in [-0.15, -0.1) is 0 Å². The lowest BCUT2D eigenvalue weighted by Gasteiger charge is -2.12. The Bertz CT molecular complexity index is 345. The summed E-state index contributed by atoms with van der Waals surface area (Å²) in [4.78, 5) is 0. The Kier molecular flexibility index (Phi) is 4.81. The highest BCUT2D eigenvalue weighted by Gasteiger charge is 2.05. The van der Waals surface area contributed by atoms with E-state index in [1.54, 1.807) is 7.11 Å². The van der Waals surface area contributed by atoms with Gasteiger partial charge in [-0.1, -0.05) is 6.07 Å². The molecule has 0 radical (unpaired) electrons. The summed E-state index contributed by atoms with van der Waals surface area (Å²) in [5.74, 6) is 0.980. The Morgan fingerprint density at radius 1 is 1.25 bits per heavy atom. The van der Waals surface area contributed by atoms with Crippen LogP contribution in [0, 0.1) is 13.8 Å². The molecule has 0 heterocycles. The summed E-state index contributed by atoms with van der Waals surface area (Å²) in [6, 6.07) is 4.66. The fourth-order valence-electron chi connectivity index (χ4n) is 1.95. The molecule has 2 heteroatoms. The first kappa shape index (κ1) is 13.0. The van der Waals surface area contributed by atoms with Crippen LogP contribution in [0.4, 0.5) is 0 Å². The SMILES string of the molecule is COc1cc(C)c(CCCC(C)N)cc1C. The van der Waals surface area contributed by atoms with Crippen LogP contribution in [0.3, 0.4) is 0 Å². The molecule has 1 unspecified atom stereocenters. The molecule has 1 aromatic carbocycles. The van der Waals surface area contributed by atoms with Gasteiger partial charge in [0, 0.05) is 6.04 Å². The summed E-state index contributed by atoms with van der Waals surface area (Å²) in [5, 5.41) is 0. The molecule has 1 atom stereocenters. The average Bonchev–Trinajstić information content (AvgIpc) is 2.22. The van der Waals surface area contributed by atoms with Crippen molar-refractivity contribution in [3.63, 3.8) is 0 Å². The molecule has 0 amide bonds. The Labute approximate surface area is 98.8 Å². The average molecular weight is 221 g/mol. The predicted molar refractivity (Wildman–Crippen MR) is 69.1 cm³/mol. The molecule has 0 fully saturated rings. The van der Waals surface area contributed by atoms with Gasteiger partial charge in [0.1, 0.15) is 5.75 Å². The summed E-state index contributed by atoms with van der Waals surface area (Å²) in [6.45, 7) is 6.29. The van der Waals surface area contributed by atoms with E-state index in [-0.39, 0.29) is 0 Å². The zero-order valence-electron chi connectivity index (χ0n) is 10.8. The first-order valence-corrected chi connectivity index (χ1v) is 5.94. The van der Waals surface area contributed by atoms with Gasteiger partial charge >= 0.3 is 0 Å². The van der Waals surface area contributed by atoms with Crippen molar-refractivity contribution >= 4 is 0 Å². The van der Waals surface area contributed by atoms with E-state index in [0.29, 0.717) is 6.04 Å². The zero-order chi connectivity index (χ0) is 12.1. The molecule has 0 saturated heterocycles. The van der Waals surface area contributed by atoms with Crippen molar-refractivity contribution in [2.75, 3.05) is 7.11 Å². The van der Waals surface area contributed by atoms with Gasteiger partial charge in [0.15, 0.2) is 0 Å². The van der Waals surface area contributed by atoms with E-state index in [1.807, 2.05) is 0 Å². The molecule has 0 aromatic heterocycles. The molecular formula is C14H23NO. The Morgan fingerprint density at radius 3 is 2.50 bits per heavy atom. The van der Waals surface area contributed by atoms with Crippen LogP contribution < -0.4 is 10.5 Å². The standard InChI is InChI=1S/C14H23NO/c1-10-9-14(16-4)11(2)8-13(10)7-5-6-12(3)15/h8-9,12H,5-7,15H2,1-4H3. The molecule has 16 heavy (non-hydrogen) atoms. The van der Waals surface area contributed by atoms with Crippen LogP contribution in [0.1, 0.15) is 36.5 Å². The monoisotopic (exact) mass is 221 g/mol. The van der Waals surface area contributed by atoms with Gasteiger partial charge in [-0.05, 0) is 62.8 Å². The number of nitrogens with two attached hydrogens (primary N) is 1. The first-order valence-electron chi connectivity index (χ1n) is 5.94. The van der Waals surface area contributed by atoms with Gasteiger partial charge in [-0.2, -0.15) is 0 Å². The van der Waals surface area contributed by atoms with Gasteiger partial charge in [0.25, 0.3) is 0 Å². The Morgan fingerprint density at radius 2 is 1.94 bits per heavy atom. The maximum atomic E-state index is 5.75. The van der Waals surface area contributed by atoms with Crippen LogP contribution in [0.15, 0.2) is 12.1 Å². The molecule has 2 N–H and O–H groups in total. The van der Waals surface area contributed by atoms with Gasteiger partial charge in [-0.25, -0.2) is 0 Å². The van der Waals surface area contributed by atoms with Crippen molar-refractivity contribution in [1.29, 1.82) is 0 Å². The molecule has 0 spiro atoms. The number of rotatable bonds is 5. The highest BCUT2D eigenvalue weighted by molar-refractivity contribution is 5.41. The number of hydrogen-bond donors (Lipinski definition) is 1. The molecule has 90 valence electrons. The van der Waals surface area contributed by atoms with Crippen molar-refractivity contribution in [2.45, 2.75) is 46.1 Å². The van der Waals surface area contributed by atoms with Gasteiger partial charge in [0.05, 0.1) is 7.11 Å². The minimum absolute atomic E-state index is 0.305. The maximum absolute atomic E-state index is 5.75. The minimum atomic E-state index is 0.305. The highest BCUT2D eigenvalue weighted by atomic mass is 16.5. The molecule has 0 saturated carbocycles. The van der Waals surface area contributed by atoms with E-state index in [0.717, 1.165) is 25.0 Å². The van der Waals surface area contributed by atoms with Gasteiger partial charge < -0.3 is 10.5 Å². The molecule has 0 aliphatic carbocycles. The first-order chi connectivity index (χ1) is 7.54. The topological polar surface area (TPSA) is 35.2 Å². The molecular weight excluding hydrogens is 198 g/mol. The minimum Gasteiger partial charge on any atom is -0.496 e. The van der Waals surface area contributed by atoms with Crippen molar-refractivity contribution in [3.8, 4) is 5.75 Å². The molecule has 1 rings (SSSR count). The lowest BCUT2D eigenvalue weighted by molar-refractivity contribution is 0.411. The molecule has 1 aromatic rings. The fraction of sp³-hybridized carbons (Fsp3) is 0.571. The second kappa shape index (κ2) is 5.90. The highest BCUT2D eigenvalue weighted by Crippen LogP contribution is 2.23. The largest absolute Gasteiger partial charge is 0.496 e. The summed E-state index contributed by atoms with van der Waals surface area (Å²) in [5.41, 5.74) is 9.69. The van der Waals surface area contributed by atoms with E-state index in [9.17, 15) is 0 Å². The van der Waals surface area contributed by atoms with Crippen LogP contribution >= 0.6 is 0 Å². The van der Waals surface area contributed by atoms with E-state index in [1.165, 1.54) is 16.7 Å². The summed E-state index contributed by atoms with van der Waals surface area (Å²) < 4.78 is 5.30. The third-order valence-corrected chi connectivity index (χ3v) is 2.96. The predicted octanol–water partition coefficient (Wildman–Crippen LogP) is 2.98. The van der Waals surface area contributed by atoms with Crippen LogP contribution in [0.2, 0.25) is 0 Å². The maximum Gasteiger partial charge on any atom is 0.122 e. The molecule has 0 aliphatic rings. The smallest absolute Gasteiger partial charge is 0.122 e. The van der Waals surface area contributed by atoms with E-state index in [4.69, 9.17) is 10.5 Å². The van der Waals surface area contributed by atoms with Crippen molar-refractivity contribution < 1.29 is 4.74 Å². The number of ether oxygens (including phenoxy) is 1. The van der Waals surface area contributed by atoms with E-state index >= 15 is 0 Å². The Hall–Kier alpha value is -1.02. The summed E-state index contributed by atoms with van der Waals surface area (Å²) >= 11 is 0. The number of benzene rings is 1. The lowest BCUT2D eigenvalue weighted by Crippen LogP contribution is -2.14. The lowest BCUT2D eigenvalue weighted by atomic mass is 9.99. The van der Waals surface area contributed by atoms with Gasteiger partial charge in [-0.3, -0.25) is 0 Å². The van der Waals surface area contributed by atoms with Crippen LogP contribution in [0.25, 0.3) is 0 Å².